The fraction of sp³-hybridized carbons (Fsp3) is 0.429. The molecule has 7 heteroatoms. The molecule has 14 heavy (non-hydrogen) atoms. The first-order valence-electron chi connectivity index (χ1n) is 3.60. The molecule has 0 fully saturated rings. The van der Waals surface area contributed by atoms with Crippen LogP contribution in [0.3, 0.4) is 0 Å². The number of rotatable bonds is 2. The second kappa shape index (κ2) is 3.61. The minimum Gasteiger partial charge on any atom is -0.298 e. The molecule has 0 unspecified atom stereocenters. The van der Waals surface area contributed by atoms with Gasteiger partial charge in [-0.1, -0.05) is 11.6 Å². The Bertz CT molecular complexity index is 358. The van der Waals surface area contributed by atoms with Crippen molar-refractivity contribution < 1.29 is 18.0 Å². The van der Waals surface area contributed by atoms with E-state index in [1.54, 1.807) is 0 Å². The summed E-state index contributed by atoms with van der Waals surface area (Å²) < 4.78 is 37.1. The zero-order valence-electron chi connectivity index (χ0n) is 7.10. The van der Waals surface area contributed by atoms with Gasteiger partial charge in [-0.25, -0.2) is 4.68 Å². The molecule has 1 aromatic heterocycles. The van der Waals surface area contributed by atoms with Crippen molar-refractivity contribution >= 4 is 17.4 Å². The third kappa shape index (κ3) is 2.47. The predicted molar refractivity (Wildman–Crippen MR) is 42.9 cm³/mol. The van der Waals surface area contributed by atoms with Crippen LogP contribution in [0, 0.1) is 0 Å². The molecule has 1 rings (SSSR count). The standard InChI is InChI=1S/C7H6ClF3N2O/c1-4(14)3-13-6(8)2-5(12-13)7(9,10)11/h2H,3H2,1H3. The van der Waals surface area contributed by atoms with Crippen LogP contribution >= 0.6 is 11.6 Å². The average molecular weight is 227 g/mol. The number of aromatic nitrogens is 2. The van der Waals surface area contributed by atoms with Crippen molar-refractivity contribution in [1.29, 1.82) is 0 Å². The number of halogens is 4. The van der Waals surface area contributed by atoms with Gasteiger partial charge in [0.25, 0.3) is 0 Å². The van der Waals surface area contributed by atoms with Gasteiger partial charge in [0.2, 0.25) is 0 Å². The van der Waals surface area contributed by atoms with E-state index in [9.17, 15) is 18.0 Å². The summed E-state index contributed by atoms with van der Waals surface area (Å²) in [6.07, 6.45) is -4.54. The molecule has 0 aliphatic heterocycles. The summed E-state index contributed by atoms with van der Waals surface area (Å²) in [5.74, 6) is -0.316. The lowest BCUT2D eigenvalue weighted by molar-refractivity contribution is -0.141. The van der Waals surface area contributed by atoms with Crippen molar-refractivity contribution in [3.8, 4) is 0 Å². The largest absolute Gasteiger partial charge is 0.435 e. The number of ketones is 1. The van der Waals surface area contributed by atoms with Gasteiger partial charge in [0.15, 0.2) is 11.5 Å². The van der Waals surface area contributed by atoms with Gasteiger partial charge in [0.05, 0.1) is 0 Å². The molecule has 0 atom stereocenters. The lowest BCUT2D eigenvalue weighted by Gasteiger charge is -2.00. The fourth-order valence-electron chi connectivity index (χ4n) is 0.854. The second-order valence-corrected chi connectivity index (χ2v) is 3.10. The first-order chi connectivity index (χ1) is 6.30. The van der Waals surface area contributed by atoms with Crippen LogP contribution in [0.25, 0.3) is 0 Å². The van der Waals surface area contributed by atoms with Crippen LogP contribution in [0.4, 0.5) is 13.2 Å². The summed E-state index contributed by atoms with van der Waals surface area (Å²) in [7, 11) is 0. The van der Waals surface area contributed by atoms with E-state index in [1.807, 2.05) is 0 Å². The monoisotopic (exact) mass is 226 g/mol. The molecular weight excluding hydrogens is 221 g/mol. The SMILES string of the molecule is CC(=O)Cn1nc(C(F)(F)F)cc1Cl. The van der Waals surface area contributed by atoms with Crippen LogP contribution in [0.5, 0.6) is 0 Å². The Kier molecular flexibility index (Phi) is 2.84. The lowest BCUT2D eigenvalue weighted by Crippen LogP contribution is -2.11. The summed E-state index contributed by atoms with van der Waals surface area (Å²) in [5, 5.41) is 2.96. The Balaban J connectivity index is 2.99. The summed E-state index contributed by atoms with van der Waals surface area (Å²) >= 11 is 5.44. The Hall–Kier alpha value is -1.04. The van der Waals surface area contributed by atoms with Gasteiger partial charge >= 0.3 is 6.18 Å². The Morgan fingerprint density at radius 2 is 2.21 bits per heavy atom. The molecule has 0 aliphatic rings. The van der Waals surface area contributed by atoms with E-state index in [0.29, 0.717) is 6.07 Å². The van der Waals surface area contributed by atoms with Gasteiger partial charge in [-0.05, 0) is 6.92 Å². The first-order valence-corrected chi connectivity index (χ1v) is 3.98. The van der Waals surface area contributed by atoms with E-state index in [-0.39, 0.29) is 17.5 Å². The lowest BCUT2D eigenvalue weighted by atomic mass is 10.4. The number of hydrogen-bond donors (Lipinski definition) is 0. The van der Waals surface area contributed by atoms with Crippen LogP contribution in [0.15, 0.2) is 6.07 Å². The van der Waals surface area contributed by atoms with Gasteiger partial charge in [-0.2, -0.15) is 18.3 Å². The smallest absolute Gasteiger partial charge is 0.298 e. The summed E-state index contributed by atoms with van der Waals surface area (Å²) in [6.45, 7) is 0.986. The first kappa shape index (κ1) is 11.0. The molecule has 0 bridgehead atoms. The van der Waals surface area contributed by atoms with E-state index in [1.165, 1.54) is 6.92 Å². The third-order valence-electron chi connectivity index (χ3n) is 1.39. The van der Waals surface area contributed by atoms with E-state index >= 15 is 0 Å². The summed E-state index contributed by atoms with van der Waals surface area (Å²) in [4.78, 5) is 10.6. The molecule has 3 nitrogen and oxygen atoms in total. The molecular formula is C7H6ClF3N2O. The van der Waals surface area contributed by atoms with Gasteiger partial charge in [-0.15, -0.1) is 0 Å². The maximum atomic E-state index is 12.1. The maximum absolute atomic E-state index is 12.1. The van der Waals surface area contributed by atoms with Gasteiger partial charge in [-0.3, -0.25) is 4.79 Å². The number of nitrogens with zero attached hydrogens (tertiary/aromatic N) is 2. The molecule has 1 heterocycles. The van der Waals surface area contributed by atoms with Gasteiger partial charge in [0.1, 0.15) is 11.7 Å². The predicted octanol–water partition coefficient (Wildman–Crippen LogP) is 2.14. The topological polar surface area (TPSA) is 34.9 Å². The Morgan fingerprint density at radius 1 is 1.64 bits per heavy atom. The van der Waals surface area contributed by atoms with Crippen molar-refractivity contribution in [2.24, 2.45) is 0 Å². The zero-order valence-corrected chi connectivity index (χ0v) is 7.85. The fourth-order valence-corrected chi connectivity index (χ4v) is 1.06. The van der Waals surface area contributed by atoms with Crippen LogP contribution in [-0.4, -0.2) is 15.6 Å². The Labute approximate surface area is 82.5 Å². The van der Waals surface area contributed by atoms with Gasteiger partial charge < -0.3 is 0 Å². The van der Waals surface area contributed by atoms with E-state index < -0.39 is 11.9 Å². The van der Waals surface area contributed by atoms with Gasteiger partial charge in [0, 0.05) is 6.07 Å². The van der Waals surface area contributed by atoms with Crippen molar-refractivity contribution in [2.45, 2.75) is 19.6 Å². The molecule has 0 amide bonds. The average Bonchev–Trinajstić information content (AvgIpc) is 2.30. The number of carbonyl (C=O) groups is 1. The van der Waals surface area contributed by atoms with Crippen molar-refractivity contribution in [1.82, 2.24) is 9.78 Å². The Morgan fingerprint density at radius 3 is 2.57 bits per heavy atom. The van der Waals surface area contributed by atoms with Crippen molar-refractivity contribution in [3.05, 3.63) is 16.9 Å². The molecule has 0 radical (unpaired) electrons. The normalized spacial score (nSPS) is 11.8. The highest BCUT2D eigenvalue weighted by Crippen LogP contribution is 2.29. The highest BCUT2D eigenvalue weighted by molar-refractivity contribution is 6.29. The minimum atomic E-state index is -4.54. The molecule has 1 aromatic rings. The van der Waals surface area contributed by atoms with E-state index in [0.717, 1.165) is 4.68 Å². The molecule has 0 saturated heterocycles. The second-order valence-electron chi connectivity index (χ2n) is 2.71. The van der Waals surface area contributed by atoms with Crippen molar-refractivity contribution in [3.63, 3.8) is 0 Å². The third-order valence-corrected chi connectivity index (χ3v) is 1.70. The van der Waals surface area contributed by atoms with Crippen LogP contribution in [-0.2, 0) is 17.5 Å². The molecule has 78 valence electrons. The van der Waals surface area contributed by atoms with E-state index in [2.05, 4.69) is 5.10 Å². The highest BCUT2D eigenvalue weighted by atomic mass is 35.5. The maximum Gasteiger partial charge on any atom is 0.435 e. The molecule has 0 aromatic carbocycles. The van der Waals surface area contributed by atoms with E-state index in [4.69, 9.17) is 11.6 Å². The molecule has 0 N–H and O–H groups in total. The molecule has 0 spiro atoms. The summed E-state index contributed by atoms with van der Waals surface area (Å²) in [6, 6.07) is 0.685. The zero-order chi connectivity index (χ0) is 10.9. The number of hydrogen-bond acceptors (Lipinski definition) is 2. The quantitative estimate of drug-likeness (QED) is 0.775. The molecule has 0 aliphatic carbocycles. The summed E-state index contributed by atoms with van der Waals surface area (Å²) in [5.41, 5.74) is -1.09. The highest BCUT2D eigenvalue weighted by Gasteiger charge is 2.34. The minimum absolute atomic E-state index is 0.201. The van der Waals surface area contributed by atoms with Crippen LogP contribution < -0.4 is 0 Å². The number of alkyl halides is 3. The molecule has 0 saturated carbocycles. The van der Waals surface area contributed by atoms with Crippen LogP contribution in [0.1, 0.15) is 12.6 Å². The van der Waals surface area contributed by atoms with Crippen LogP contribution in [0.2, 0.25) is 5.15 Å². The number of Topliss-reactive ketones (excluding diaryl/α,β-unsaturated/α-hetero) is 1. The number of carbonyl (C=O) groups excluding carboxylic acids is 1. The van der Waals surface area contributed by atoms with Crippen molar-refractivity contribution in [2.75, 3.05) is 0 Å².